The van der Waals surface area contributed by atoms with Crippen molar-refractivity contribution in [2.24, 2.45) is 23.5 Å². The molecule has 1 aliphatic rings. The third-order valence-electron chi connectivity index (χ3n) is 4.93. The van der Waals surface area contributed by atoms with Crippen molar-refractivity contribution in [2.75, 3.05) is 0 Å². The van der Waals surface area contributed by atoms with E-state index in [-0.39, 0.29) is 18.4 Å². The predicted molar refractivity (Wildman–Crippen MR) is 77.4 cm³/mol. The van der Waals surface area contributed by atoms with Gasteiger partial charge in [-0.05, 0) is 37.5 Å². The second kappa shape index (κ2) is 8.26. The molecule has 4 atom stereocenters. The maximum absolute atomic E-state index is 12.8. The zero-order chi connectivity index (χ0) is 15.2. The normalized spacial score (nSPS) is 27.3. The van der Waals surface area contributed by atoms with E-state index in [1.165, 1.54) is 12.8 Å². The van der Waals surface area contributed by atoms with E-state index >= 15 is 0 Å². The van der Waals surface area contributed by atoms with Crippen LogP contribution in [0.4, 0.5) is 13.2 Å². The van der Waals surface area contributed by atoms with Crippen molar-refractivity contribution in [3.8, 4) is 0 Å². The third-order valence-corrected chi connectivity index (χ3v) is 4.93. The molecule has 0 aromatic rings. The van der Waals surface area contributed by atoms with Crippen molar-refractivity contribution in [2.45, 2.75) is 83.9 Å². The highest BCUT2D eigenvalue weighted by Crippen LogP contribution is 2.41. The Labute approximate surface area is 121 Å². The predicted octanol–water partition coefficient (Wildman–Crippen LogP) is 5.29. The first kappa shape index (κ1) is 17.8. The van der Waals surface area contributed by atoms with Gasteiger partial charge in [-0.3, -0.25) is 0 Å². The Bertz CT molecular complexity index is 265. The molecule has 0 heterocycles. The van der Waals surface area contributed by atoms with Gasteiger partial charge in [0.05, 0.1) is 5.92 Å². The molecular formula is C16H30F3N. The maximum atomic E-state index is 12.8. The second-order valence-corrected chi connectivity index (χ2v) is 6.48. The van der Waals surface area contributed by atoms with Crippen LogP contribution in [0.5, 0.6) is 0 Å². The number of rotatable bonds is 7. The smallest absolute Gasteiger partial charge is 0.327 e. The van der Waals surface area contributed by atoms with Crippen LogP contribution in [0.3, 0.4) is 0 Å². The largest absolute Gasteiger partial charge is 0.391 e. The number of alkyl halides is 3. The minimum atomic E-state index is -4.04. The van der Waals surface area contributed by atoms with Crippen LogP contribution in [0, 0.1) is 17.8 Å². The molecule has 0 saturated heterocycles. The summed E-state index contributed by atoms with van der Waals surface area (Å²) in [6, 6.07) is -0.0537. The molecule has 120 valence electrons. The van der Waals surface area contributed by atoms with Gasteiger partial charge in [0.25, 0.3) is 0 Å². The monoisotopic (exact) mass is 293 g/mol. The lowest BCUT2D eigenvalue weighted by Crippen LogP contribution is -2.38. The standard InChI is InChI=1S/C16H30F3N/c1-3-5-7-12(4-2)10-15(20)13-8-6-9-14(11-13)16(17,18)19/h12-15H,3-11,20H2,1-2H3. The molecule has 0 aliphatic heterocycles. The fourth-order valence-electron chi connectivity index (χ4n) is 3.47. The van der Waals surface area contributed by atoms with Crippen LogP contribution in [0.1, 0.15) is 71.6 Å². The zero-order valence-corrected chi connectivity index (χ0v) is 12.9. The zero-order valence-electron chi connectivity index (χ0n) is 12.9. The van der Waals surface area contributed by atoms with Crippen molar-refractivity contribution in [1.82, 2.24) is 0 Å². The van der Waals surface area contributed by atoms with Gasteiger partial charge in [0.1, 0.15) is 0 Å². The number of hydrogen-bond donors (Lipinski definition) is 1. The number of hydrogen-bond acceptors (Lipinski definition) is 1. The molecule has 0 bridgehead atoms. The quantitative estimate of drug-likeness (QED) is 0.678. The van der Waals surface area contributed by atoms with Crippen molar-refractivity contribution in [3.05, 3.63) is 0 Å². The van der Waals surface area contributed by atoms with Gasteiger partial charge in [0.15, 0.2) is 0 Å². The van der Waals surface area contributed by atoms with E-state index in [9.17, 15) is 13.2 Å². The highest BCUT2D eigenvalue weighted by Gasteiger charge is 2.43. The average molecular weight is 293 g/mol. The molecule has 4 heteroatoms. The van der Waals surface area contributed by atoms with Crippen molar-refractivity contribution >= 4 is 0 Å². The molecule has 1 saturated carbocycles. The summed E-state index contributed by atoms with van der Waals surface area (Å²) in [6.45, 7) is 4.33. The summed E-state index contributed by atoms with van der Waals surface area (Å²) >= 11 is 0. The number of unbranched alkanes of at least 4 members (excludes halogenated alkanes) is 1. The van der Waals surface area contributed by atoms with Crippen molar-refractivity contribution in [1.29, 1.82) is 0 Å². The lowest BCUT2D eigenvalue weighted by Gasteiger charge is -2.35. The summed E-state index contributed by atoms with van der Waals surface area (Å²) in [5.41, 5.74) is 6.23. The van der Waals surface area contributed by atoms with Gasteiger partial charge in [-0.1, -0.05) is 46.0 Å². The Hall–Kier alpha value is -0.250. The summed E-state index contributed by atoms with van der Waals surface area (Å²) in [7, 11) is 0. The summed E-state index contributed by atoms with van der Waals surface area (Å²) in [5.74, 6) is -0.481. The Morgan fingerprint density at radius 2 is 1.90 bits per heavy atom. The SMILES string of the molecule is CCCCC(CC)CC(N)C1CCCC(C(F)(F)F)C1. The average Bonchev–Trinajstić information content (AvgIpc) is 2.42. The first-order chi connectivity index (χ1) is 9.38. The molecule has 1 rings (SSSR count). The first-order valence-corrected chi connectivity index (χ1v) is 8.20. The van der Waals surface area contributed by atoms with E-state index in [0.29, 0.717) is 18.8 Å². The topological polar surface area (TPSA) is 26.0 Å². The lowest BCUT2D eigenvalue weighted by atomic mass is 9.75. The van der Waals surface area contributed by atoms with Gasteiger partial charge in [0.2, 0.25) is 0 Å². The minimum absolute atomic E-state index is 0.0537. The van der Waals surface area contributed by atoms with Crippen molar-refractivity contribution in [3.63, 3.8) is 0 Å². The summed E-state index contributed by atoms with van der Waals surface area (Å²) in [4.78, 5) is 0. The fraction of sp³-hybridized carbons (Fsp3) is 1.00. The van der Waals surface area contributed by atoms with E-state index in [1.54, 1.807) is 0 Å². The fourth-order valence-corrected chi connectivity index (χ4v) is 3.47. The third kappa shape index (κ3) is 5.63. The summed E-state index contributed by atoms with van der Waals surface area (Å²) in [5, 5.41) is 0. The van der Waals surface area contributed by atoms with E-state index in [2.05, 4.69) is 13.8 Å². The van der Waals surface area contributed by atoms with Crippen LogP contribution < -0.4 is 5.73 Å². The molecule has 20 heavy (non-hydrogen) atoms. The van der Waals surface area contributed by atoms with Gasteiger partial charge >= 0.3 is 6.18 Å². The summed E-state index contributed by atoms with van der Waals surface area (Å²) in [6.07, 6.45) is 3.56. The molecule has 2 N–H and O–H groups in total. The van der Waals surface area contributed by atoms with E-state index in [1.807, 2.05) is 0 Å². The van der Waals surface area contributed by atoms with Crippen LogP contribution in [-0.2, 0) is 0 Å². The van der Waals surface area contributed by atoms with Gasteiger partial charge in [-0.15, -0.1) is 0 Å². The minimum Gasteiger partial charge on any atom is -0.327 e. The van der Waals surface area contributed by atoms with E-state index in [0.717, 1.165) is 25.7 Å². The van der Waals surface area contributed by atoms with Crippen LogP contribution >= 0.6 is 0 Å². The molecule has 1 fully saturated rings. The van der Waals surface area contributed by atoms with Crippen LogP contribution in [-0.4, -0.2) is 12.2 Å². The second-order valence-electron chi connectivity index (χ2n) is 6.48. The highest BCUT2D eigenvalue weighted by molar-refractivity contribution is 4.84. The molecular weight excluding hydrogens is 263 g/mol. The van der Waals surface area contributed by atoms with Gasteiger partial charge in [0, 0.05) is 6.04 Å². The Morgan fingerprint density at radius 3 is 2.45 bits per heavy atom. The molecule has 0 amide bonds. The highest BCUT2D eigenvalue weighted by atomic mass is 19.4. The Kier molecular flexibility index (Phi) is 7.35. The van der Waals surface area contributed by atoms with Gasteiger partial charge < -0.3 is 5.73 Å². The van der Waals surface area contributed by atoms with E-state index in [4.69, 9.17) is 5.73 Å². The van der Waals surface area contributed by atoms with Gasteiger partial charge in [-0.25, -0.2) is 0 Å². The molecule has 0 spiro atoms. The Balaban J connectivity index is 2.47. The van der Waals surface area contributed by atoms with Crippen LogP contribution in [0.2, 0.25) is 0 Å². The van der Waals surface area contributed by atoms with Crippen molar-refractivity contribution < 1.29 is 13.2 Å². The molecule has 0 radical (unpaired) electrons. The Morgan fingerprint density at radius 1 is 1.20 bits per heavy atom. The summed E-state index contributed by atoms with van der Waals surface area (Å²) < 4.78 is 38.5. The number of nitrogens with two attached hydrogens (primary N) is 1. The molecule has 4 unspecified atom stereocenters. The molecule has 0 aromatic carbocycles. The number of halogens is 3. The first-order valence-electron chi connectivity index (χ1n) is 8.20. The van der Waals surface area contributed by atoms with Crippen LogP contribution in [0.25, 0.3) is 0 Å². The van der Waals surface area contributed by atoms with E-state index < -0.39 is 12.1 Å². The lowest BCUT2D eigenvalue weighted by molar-refractivity contribution is -0.186. The van der Waals surface area contributed by atoms with Gasteiger partial charge in [-0.2, -0.15) is 13.2 Å². The molecule has 1 aliphatic carbocycles. The molecule has 1 nitrogen and oxygen atoms in total. The molecule has 0 aromatic heterocycles. The maximum Gasteiger partial charge on any atom is 0.391 e. The van der Waals surface area contributed by atoms with Crippen LogP contribution in [0.15, 0.2) is 0 Å².